The Labute approximate surface area is 185 Å². The van der Waals surface area contributed by atoms with Gasteiger partial charge in [-0.1, -0.05) is 96.6 Å². The number of nitrogens with zero attached hydrogens (tertiary/aromatic N) is 1. The van der Waals surface area contributed by atoms with Crippen LogP contribution in [0.1, 0.15) is 18.1 Å². The van der Waals surface area contributed by atoms with Crippen LogP contribution in [0.5, 0.6) is 0 Å². The topological polar surface area (TPSA) is 3.24 Å². The van der Waals surface area contributed by atoms with Crippen molar-refractivity contribution >= 4 is 23.1 Å². The van der Waals surface area contributed by atoms with Crippen molar-refractivity contribution in [1.82, 2.24) is 0 Å². The molecule has 152 valence electrons. The van der Waals surface area contributed by atoms with Crippen LogP contribution < -0.4 is 4.90 Å². The van der Waals surface area contributed by atoms with E-state index in [0.29, 0.717) is 0 Å². The van der Waals surface area contributed by atoms with Crippen LogP contribution in [0.15, 0.2) is 121 Å². The second-order valence-electron chi connectivity index (χ2n) is 7.56. The summed E-state index contributed by atoms with van der Waals surface area (Å²) in [4.78, 5) is 2.30. The van der Waals surface area contributed by atoms with Crippen molar-refractivity contribution in [1.29, 1.82) is 0 Å². The molecule has 0 aromatic heterocycles. The first-order valence-electron chi connectivity index (χ1n) is 10.7. The minimum atomic E-state index is 1.14. The monoisotopic (exact) mass is 401 g/mol. The molecule has 0 fully saturated rings. The zero-order valence-electron chi connectivity index (χ0n) is 18.1. The van der Waals surface area contributed by atoms with Crippen LogP contribution >= 0.6 is 0 Å². The number of aryl methyl sites for hydroxylation is 1. The van der Waals surface area contributed by atoms with E-state index < -0.39 is 0 Å². The number of hydrogen-bond acceptors (Lipinski definition) is 1. The number of para-hydroxylation sites is 1. The van der Waals surface area contributed by atoms with Gasteiger partial charge in [-0.2, -0.15) is 0 Å². The van der Waals surface area contributed by atoms with Gasteiger partial charge in [-0.3, -0.25) is 0 Å². The summed E-state index contributed by atoms with van der Waals surface area (Å²) >= 11 is 0. The molecule has 0 spiro atoms. The van der Waals surface area contributed by atoms with Gasteiger partial charge in [-0.15, -0.1) is 0 Å². The van der Waals surface area contributed by atoms with Crippen LogP contribution in [0.2, 0.25) is 0 Å². The number of rotatable bonds is 6. The van der Waals surface area contributed by atoms with Crippen LogP contribution in [-0.2, 0) is 0 Å². The maximum absolute atomic E-state index is 2.30. The Morgan fingerprint density at radius 3 is 1.87 bits per heavy atom. The molecule has 1 heteroatoms. The van der Waals surface area contributed by atoms with Crippen molar-refractivity contribution < 1.29 is 0 Å². The number of hydrogen-bond donors (Lipinski definition) is 0. The van der Waals surface area contributed by atoms with Gasteiger partial charge in [-0.05, 0) is 66.9 Å². The zero-order valence-corrected chi connectivity index (χ0v) is 18.1. The van der Waals surface area contributed by atoms with Gasteiger partial charge < -0.3 is 4.90 Å². The van der Waals surface area contributed by atoms with Gasteiger partial charge >= 0.3 is 0 Å². The second-order valence-corrected chi connectivity index (χ2v) is 7.56. The highest BCUT2D eigenvalue weighted by Crippen LogP contribution is 2.36. The highest BCUT2D eigenvalue weighted by Gasteiger charge is 2.12. The Kier molecular flexibility index (Phi) is 6.44. The Morgan fingerprint density at radius 1 is 0.581 bits per heavy atom. The van der Waals surface area contributed by atoms with Crippen molar-refractivity contribution in [2.24, 2.45) is 0 Å². The molecular formula is C30H27N. The molecule has 0 atom stereocenters. The molecule has 0 N–H and O–H groups in total. The minimum Gasteiger partial charge on any atom is -0.310 e. The molecule has 4 rings (SSSR count). The number of benzene rings is 4. The quantitative estimate of drug-likeness (QED) is 0.292. The predicted octanol–water partition coefficient (Wildman–Crippen LogP) is 8.72. The Morgan fingerprint density at radius 2 is 1.19 bits per heavy atom. The third-order valence-electron chi connectivity index (χ3n) is 5.25. The summed E-state index contributed by atoms with van der Waals surface area (Å²) in [6, 6.07) is 36.6. The SMILES string of the molecule is C/C=C\C=C/c1cccc(N(c2ccccc2)c2ccc(-c3ccc(C)cc3)cc2)c1. The fraction of sp³-hybridized carbons (Fsp3) is 0.0667. The molecule has 0 amide bonds. The standard InChI is InChI=1S/C30H27N/c1-3-4-6-10-25-11-9-14-30(23-25)31(28-12-7-5-8-13-28)29-21-19-27(20-22-29)26-17-15-24(2)16-18-26/h3-23H,1-2H3/b4-3-,10-6-. The highest BCUT2D eigenvalue weighted by atomic mass is 15.1. The maximum Gasteiger partial charge on any atom is 0.0467 e. The smallest absolute Gasteiger partial charge is 0.0467 e. The molecule has 0 unspecified atom stereocenters. The average Bonchev–Trinajstić information content (AvgIpc) is 2.82. The van der Waals surface area contributed by atoms with Crippen LogP contribution in [0.3, 0.4) is 0 Å². The van der Waals surface area contributed by atoms with E-state index in [1.54, 1.807) is 0 Å². The van der Waals surface area contributed by atoms with Gasteiger partial charge in [0, 0.05) is 17.1 Å². The lowest BCUT2D eigenvalue weighted by atomic mass is 10.0. The van der Waals surface area contributed by atoms with Crippen LogP contribution in [0.4, 0.5) is 17.1 Å². The van der Waals surface area contributed by atoms with E-state index in [4.69, 9.17) is 0 Å². The molecule has 31 heavy (non-hydrogen) atoms. The van der Waals surface area contributed by atoms with Crippen molar-refractivity contribution in [2.75, 3.05) is 4.90 Å². The van der Waals surface area contributed by atoms with E-state index in [2.05, 4.69) is 127 Å². The van der Waals surface area contributed by atoms with Gasteiger partial charge in [0.15, 0.2) is 0 Å². The third kappa shape index (κ3) is 5.02. The summed E-state index contributed by atoms with van der Waals surface area (Å²) in [6.45, 7) is 4.14. The Bertz CT molecular complexity index is 1170. The van der Waals surface area contributed by atoms with Crippen LogP contribution in [-0.4, -0.2) is 0 Å². The van der Waals surface area contributed by atoms with Gasteiger partial charge in [0.2, 0.25) is 0 Å². The third-order valence-corrected chi connectivity index (χ3v) is 5.25. The van der Waals surface area contributed by atoms with Gasteiger partial charge in [-0.25, -0.2) is 0 Å². The molecule has 0 radical (unpaired) electrons. The molecule has 0 bridgehead atoms. The Balaban J connectivity index is 1.73. The van der Waals surface area contributed by atoms with E-state index in [-0.39, 0.29) is 0 Å². The van der Waals surface area contributed by atoms with E-state index in [9.17, 15) is 0 Å². The highest BCUT2D eigenvalue weighted by molar-refractivity contribution is 5.79. The number of allylic oxidation sites excluding steroid dienone is 3. The van der Waals surface area contributed by atoms with Gasteiger partial charge in [0.05, 0.1) is 0 Å². The first-order valence-corrected chi connectivity index (χ1v) is 10.7. The molecule has 0 saturated carbocycles. The number of anilines is 3. The van der Waals surface area contributed by atoms with Crippen molar-refractivity contribution in [3.8, 4) is 11.1 Å². The first kappa shape index (κ1) is 20.4. The van der Waals surface area contributed by atoms with E-state index in [1.165, 1.54) is 22.3 Å². The lowest BCUT2D eigenvalue weighted by Gasteiger charge is -2.26. The van der Waals surface area contributed by atoms with Crippen molar-refractivity contribution in [3.63, 3.8) is 0 Å². The summed E-state index contributed by atoms with van der Waals surface area (Å²) in [6.07, 6.45) is 8.28. The van der Waals surface area contributed by atoms with E-state index in [0.717, 1.165) is 17.1 Å². The van der Waals surface area contributed by atoms with Gasteiger partial charge in [0.25, 0.3) is 0 Å². The molecule has 0 heterocycles. The molecule has 0 aliphatic rings. The van der Waals surface area contributed by atoms with Crippen molar-refractivity contribution in [3.05, 3.63) is 132 Å². The molecule has 0 saturated heterocycles. The molecule has 4 aromatic carbocycles. The predicted molar refractivity (Wildman–Crippen MR) is 135 cm³/mol. The average molecular weight is 402 g/mol. The fourth-order valence-corrected chi connectivity index (χ4v) is 3.62. The largest absolute Gasteiger partial charge is 0.310 e. The Hall–Kier alpha value is -3.84. The summed E-state index contributed by atoms with van der Waals surface area (Å²) in [5.74, 6) is 0. The lowest BCUT2D eigenvalue weighted by molar-refractivity contribution is 1.28. The van der Waals surface area contributed by atoms with Gasteiger partial charge in [0.1, 0.15) is 0 Å². The summed E-state index contributed by atoms with van der Waals surface area (Å²) in [5.41, 5.74) is 8.32. The maximum atomic E-state index is 2.30. The summed E-state index contributed by atoms with van der Waals surface area (Å²) in [7, 11) is 0. The van der Waals surface area contributed by atoms with E-state index >= 15 is 0 Å². The fourth-order valence-electron chi connectivity index (χ4n) is 3.62. The first-order chi connectivity index (χ1) is 15.2. The van der Waals surface area contributed by atoms with Crippen LogP contribution in [0.25, 0.3) is 17.2 Å². The summed E-state index contributed by atoms with van der Waals surface area (Å²) < 4.78 is 0. The molecular weight excluding hydrogens is 374 g/mol. The molecule has 0 aliphatic carbocycles. The molecule has 0 aliphatic heterocycles. The lowest BCUT2D eigenvalue weighted by Crippen LogP contribution is -2.09. The molecule has 1 nitrogen and oxygen atoms in total. The minimum absolute atomic E-state index is 1.14. The normalized spacial score (nSPS) is 11.3. The van der Waals surface area contributed by atoms with Crippen LogP contribution in [0, 0.1) is 6.92 Å². The zero-order chi connectivity index (χ0) is 21.5. The van der Waals surface area contributed by atoms with E-state index in [1.807, 2.05) is 19.1 Å². The summed E-state index contributed by atoms with van der Waals surface area (Å²) in [5, 5.41) is 0. The van der Waals surface area contributed by atoms with Crippen molar-refractivity contribution in [2.45, 2.75) is 13.8 Å². The molecule has 4 aromatic rings. The second kappa shape index (κ2) is 9.77.